The Labute approximate surface area is 152 Å². The Kier molecular flexibility index (Phi) is 4.90. The van der Waals surface area contributed by atoms with Crippen LogP contribution in [0.15, 0.2) is 47.6 Å². The minimum atomic E-state index is -0.654. The molecule has 2 saturated heterocycles. The lowest BCUT2D eigenvalue weighted by atomic mass is 9.83. The number of rotatable bonds is 3. The summed E-state index contributed by atoms with van der Waals surface area (Å²) in [7, 11) is 0. The molecule has 0 aromatic carbocycles. The SMILES string of the molecule is C=C1C(=O)OC2C=C(C)C=CC3OC3(C)CC(OC(=O)C(=CC)CO)C12. The zero-order valence-corrected chi connectivity index (χ0v) is 15.2. The van der Waals surface area contributed by atoms with E-state index in [1.54, 1.807) is 6.92 Å². The van der Waals surface area contributed by atoms with Crippen LogP contribution in [0.25, 0.3) is 0 Å². The van der Waals surface area contributed by atoms with Crippen LogP contribution in [0.2, 0.25) is 0 Å². The van der Waals surface area contributed by atoms with Crippen molar-refractivity contribution in [2.45, 2.75) is 51.1 Å². The Morgan fingerprint density at radius 3 is 2.92 bits per heavy atom. The second-order valence-electron chi connectivity index (χ2n) is 7.16. The van der Waals surface area contributed by atoms with E-state index in [1.165, 1.54) is 6.08 Å². The molecule has 6 nitrogen and oxygen atoms in total. The Hall–Kier alpha value is -2.18. The molecule has 0 aromatic rings. The van der Waals surface area contributed by atoms with E-state index in [0.717, 1.165) is 5.57 Å². The first kappa shape index (κ1) is 18.6. The second-order valence-corrected chi connectivity index (χ2v) is 7.16. The molecule has 3 aliphatic rings. The fraction of sp³-hybridized carbons (Fsp3) is 0.500. The summed E-state index contributed by atoms with van der Waals surface area (Å²) in [5, 5.41) is 9.33. The highest BCUT2D eigenvalue weighted by atomic mass is 16.6. The van der Waals surface area contributed by atoms with Gasteiger partial charge in [0.05, 0.1) is 23.7 Å². The molecule has 1 aliphatic carbocycles. The topological polar surface area (TPSA) is 85.4 Å². The van der Waals surface area contributed by atoms with Crippen molar-refractivity contribution in [2.75, 3.05) is 6.61 Å². The summed E-state index contributed by atoms with van der Waals surface area (Å²) in [5.41, 5.74) is 0.898. The van der Waals surface area contributed by atoms with Gasteiger partial charge >= 0.3 is 11.9 Å². The van der Waals surface area contributed by atoms with Crippen molar-refractivity contribution in [2.24, 2.45) is 5.92 Å². The highest BCUT2D eigenvalue weighted by molar-refractivity contribution is 5.92. The number of carbonyl (C=O) groups is 2. The fourth-order valence-corrected chi connectivity index (χ4v) is 3.53. The van der Waals surface area contributed by atoms with E-state index >= 15 is 0 Å². The van der Waals surface area contributed by atoms with Crippen LogP contribution in [0.4, 0.5) is 0 Å². The number of aliphatic hydroxyl groups is 1. The van der Waals surface area contributed by atoms with Gasteiger partial charge in [0.2, 0.25) is 0 Å². The average Bonchev–Trinajstić information content (AvgIpc) is 3.13. The summed E-state index contributed by atoms with van der Waals surface area (Å²) in [4.78, 5) is 24.5. The van der Waals surface area contributed by atoms with Gasteiger partial charge in [-0.15, -0.1) is 0 Å². The minimum absolute atomic E-state index is 0.0751. The predicted molar refractivity (Wildman–Crippen MR) is 94.0 cm³/mol. The van der Waals surface area contributed by atoms with E-state index in [9.17, 15) is 14.7 Å². The van der Waals surface area contributed by atoms with Crippen LogP contribution in [0.1, 0.15) is 27.2 Å². The van der Waals surface area contributed by atoms with Gasteiger partial charge in [0.25, 0.3) is 0 Å². The zero-order chi connectivity index (χ0) is 19.1. The molecule has 0 bridgehead atoms. The first-order valence-corrected chi connectivity index (χ1v) is 8.70. The maximum Gasteiger partial charge on any atom is 0.336 e. The van der Waals surface area contributed by atoms with Crippen molar-refractivity contribution >= 4 is 11.9 Å². The maximum atomic E-state index is 12.4. The summed E-state index contributed by atoms with van der Waals surface area (Å²) >= 11 is 0. The van der Waals surface area contributed by atoms with E-state index in [0.29, 0.717) is 6.42 Å². The van der Waals surface area contributed by atoms with Gasteiger partial charge in [-0.05, 0) is 26.8 Å². The van der Waals surface area contributed by atoms with Crippen molar-refractivity contribution < 1.29 is 28.9 Å². The number of hydrogen-bond donors (Lipinski definition) is 1. The summed E-state index contributed by atoms with van der Waals surface area (Å²) in [5.74, 6) is -1.59. The first-order chi connectivity index (χ1) is 12.3. The summed E-state index contributed by atoms with van der Waals surface area (Å²) in [6, 6.07) is 0. The number of allylic oxidation sites excluding steroid dienone is 3. The van der Waals surface area contributed by atoms with Gasteiger partial charge in [-0.3, -0.25) is 0 Å². The third kappa shape index (κ3) is 3.39. The lowest BCUT2D eigenvalue weighted by Crippen LogP contribution is -2.37. The molecule has 2 heterocycles. The van der Waals surface area contributed by atoms with Crippen LogP contribution in [0, 0.1) is 5.92 Å². The van der Waals surface area contributed by atoms with Gasteiger partial charge in [0.1, 0.15) is 18.3 Å². The van der Waals surface area contributed by atoms with Crippen molar-refractivity contribution in [3.05, 3.63) is 47.6 Å². The lowest BCUT2D eigenvalue weighted by molar-refractivity contribution is -0.148. The monoisotopic (exact) mass is 360 g/mol. The Morgan fingerprint density at radius 2 is 2.27 bits per heavy atom. The molecule has 0 aromatic heterocycles. The van der Waals surface area contributed by atoms with Gasteiger partial charge in [0, 0.05) is 12.0 Å². The van der Waals surface area contributed by atoms with E-state index in [4.69, 9.17) is 14.2 Å². The molecule has 0 amide bonds. The van der Waals surface area contributed by atoms with Crippen molar-refractivity contribution in [1.29, 1.82) is 0 Å². The van der Waals surface area contributed by atoms with Crippen molar-refractivity contribution in [1.82, 2.24) is 0 Å². The second kappa shape index (κ2) is 6.85. The van der Waals surface area contributed by atoms with Crippen LogP contribution < -0.4 is 0 Å². The lowest BCUT2D eigenvalue weighted by Gasteiger charge is -2.28. The van der Waals surface area contributed by atoms with Crippen LogP contribution >= 0.6 is 0 Å². The molecule has 140 valence electrons. The summed E-state index contributed by atoms with van der Waals surface area (Å²) in [6.07, 6.45) is 6.37. The van der Waals surface area contributed by atoms with E-state index < -0.39 is 42.3 Å². The molecular weight excluding hydrogens is 336 g/mol. The number of aliphatic hydroxyl groups excluding tert-OH is 1. The molecule has 0 spiro atoms. The Morgan fingerprint density at radius 1 is 1.54 bits per heavy atom. The van der Waals surface area contributed by atoms with Gasteiger partial charge in [-0.25, -0.2) is 9.59 Å². The quantitative estimate of drug-likeness (QED) is 0.471. The standard InChI is InChI=1S/C20H24O6/c1-5-13(10-21)19(23)25-15-9-20(4)16(26-20)7-6-11(2)8-14-17(15)12(3)18(22)24-14/h5-8,14-17,21H,3,9-10H2,1-2,4H3. The van der Waals surface area contributed by atoms with Crippen molar-refractivity contribution in [3.63, 3.8) is 0 Å². The molecule has 0 radical (unpaired) electrons. The van der Waals surface area contributed by atoms with Gasteiger partial charge < -0.3 is 19.3 Å². The number of fused-ring (bicyclic) bond motifs is 2. The Balaban J connectivity index is 1.96. The molecule has 6 heteroatoms. The number of carbonyl (C=O) groups excluding carboxylic acids is 2. The van der Waals surface area contributed by atoms with E-state index in [1.807, 2.05) is 32.1 Å². The normalized spacial score (nSPS) is 36.6. The predicted octanol–water partition coefficient (Wildman–Crippen LogP) is 2.00. The maximum absolute atomic E-state index is 12.4. The van der Waals surface area contributed by atoms with E-state index in [-0.39, 0.29) is 17.3 Å². The number of ether oxygens (including phenoxy) is 3. The highest BCUT2D eigenvalue weighted by Crippen LogP contribution is 2.46. The number of esters is 2. The van der Waals surface area contributed by atoms with Gasteiger partial charge in [-0.2, -0.15) is 0 Å². The number of epoxide rings is 1. The summed E-state index contributed by atoms with van der Waals surface area (Å²) < 4.78 is 16.9. The van der Waals surface area contributed by atoms with Crippen LogP contribution in [-0.2, 0) is 23.8 Å². The smallest absolute Gasteiger partial charge is 0.336 e. The van der Waals surface area contributed by atoms with Crippen LogP contribution in [-0.4, -0.2) is 47.6 Å². The largest absolute Gasteiger partial charge is 0.458 e. The molecular formula is C20H24O6. The molecule has 5 atom stereocenters. The molecule has 2 fully saturated rings. The zero-order valence-electron chi connectivity index (χ0n) is 15.2. The van der Waals surface area contributed by atoms with Crippen LogP contribution in [0.3, 0.4) is 0 Å². The average molecular weight is 360 g/mol. The first-order valence-electron chi connectivity index (χ1n) is 8.70. The summed E-state index contributed by atoms with van der Waals surface area (Å²) in [6.45, 7) is 8.96. The minimum Gasteiger partial charge on any atom is -0.458 e. The highest BCUT2D eigenvalue weighted by Gasteiger charge is 2.56. The number of hydrogen-bond acceptors (Lipinski definition) is 6. The molecule has 0 saturated carbocycles. The molecule has 5 unspecified atom stereocenters. The fourth-order valence-electron chi connectivity index (χ4n) is 3.53. The molecule has 2 aliphatic heterocycles. The molecule has 1 N–H and O–H groups in total. The third-order valence-electron chi connectivity index (χ3n) is 5.21. The van der Waals surface area contributed by atoms with Crippen LogP contribution in [0.5, 0.6) is 0 Å². The Bertz CT molecular complexity index is 731. The van der Waals surface area contributed by atoms with Gasteiger partial charge in [-0.1, -0.05) is 30.4 Å². The molecule has 26 heavy (non-hydrogen) atoms. The third-order valence-corrected chi connectivity index (χ3v) is 5.21. The van der Waals surface area contributed by atoms with Gasteiger partial charge in [0.15, 0.2) is 0 Å². The molecule has 3 rings (SSSR count). The van der Waals surface area contributed by atoms with Crippen molar-refractivity contribution in [3.8, 4) is 0 Å². The van der Waals surface area contributed by atoms with E-state index in [2.05, 4.69) is 6.58 Å².